The molecule has 1 saturated carbocycles. The molecule has 2 fully saturated rings. The Morgan fingerprint density at radius 3 is 2.52 bits per heavy atom. The van der Waals surface area contributed by atoms with Crippen LogP contribution in [0.4, 0.5) is 0 Å². The van der Waals surface area contributed by atoms with E-state index in [2.05, 4.69) is 24.3 Å². The zero-order valence-electron chi connectivity index (χ0n) is 12.7. The Morgan fingerprint density at radius 2 is 1.71 bits per heavy atom. The average molecular weight is 280 g/mol. The van der Waals surface area contributed by atoms with Crippen LogP contribution in [0.1, 0.15) is 57.8 Å². The molecule has 0 unspecified atom stereocenters. The molecular formula is C20H24O. The Kier molecular flexibility index (Phi) is 2.65. The van der Waals surface area contributed by atoms with Crippen LogP contribution in [0.3, 0.4) is 0 Å². The van der Waals surface area contributed by atoms with Gasteiger partial charge >= 0.3 is 0 Å². The summed E-state index contributed by atoms with van der Waals surface area (Å²) < 4.78 is 6.72. The fourth-order valence-electron chi connectivity index (χ4n) is 5.76. The summed E-state index contributed by atoms with van der Waals surface area (Å²) in [7, 11) is 0. The van der Waals surface area contributed by atoms with Crippen LogP contribution in [0.15, 0.2) is 46.6 Å². The van der Waals surface area contributed by atoms with Gasteiger partial charge in [0.25, 0.3) is 0 Å². The molecule has 110 valence electrons. The van der Waals surface area contributed by atoms with Crippen LogP contribution >= 0.6 is 0 Å². The molecule has 0 aromatic carbocycles. The van der Waals surface area contributed by atoms with Crippen molar-refractivity contribution in [1.29, 1.82) is 0 Å². The molecule has 0 N–H and O–H groups in total. The molecule has 0 radical (unpaired) electrons. The van der Waals surface area contributed by atoms with Gasteiger partial charge in [-0.2, -0.15) is 0 Å². The summed E-state index contributed by atoms with van der Waals surface area (Å²) in [5.41, 5.74) is 7.01. The third-order valence-electron chi connectivity index (χ3n) is 6.62. The van der Waals surface area contributed by atoms with Crippen molar-refractivity contribution in [1.82, 2.24) is 0 Å². The molecular weight excluding hydrogens is 256 g/mol. The largest absolute Gasteiger partial charge is 0.365 e. The first-order valence-electron chi connectivity index (χ1n) is 8.84. The van der Waals surface area contributed by atoms with Crippen molar-refractivity contribution in [2.45, 2.75) is 70.0 Å². The maximum absolute atomic E-state index is 6.72. The smallest absolute Gasteiger partial charge is 0.101 e. The Morgan fingerprint density at radius 1 is 0.905 bits per heavy atom. The number of allylic oxidation sites excluding steroid dienone is 5. The van der Waals surface area contributed by atoms with E-state index in [1.165, 1.54) is 63.4 Å². The van der Waals surface area contributed by atoms with Gasteiger partial charge in [0.2, 0.25) is 0 Å². The molecule has 2 atom stereocenters. The van der Waals surface area contributed by atoms with Crippen molar-refractivity contribution in [2.24, 2.45) is 5.41 Å². The van der Waals surface area contributed by atoms with E-state index >= 15 is 0 Å². The fraction of sp³-hybridized carbons (Fsp3) is 0.600. The van der Waals surface area contributed by atoms with Crippen LogP contribution < -0.4 is 0 Å². The highest BCUT2D eigenvalue weighted by Crippen LogP contribution is 2.60. The number of hydrogen-bond acceptors (Lipinski definition) is 1. The minimum absolute atomic E-state index is 0.329. The SMILES string of the molecule is C1=CC(=C2CC[C@H]3O[C@@H]2C2=C(CCC2)C32CCCC2)C=C1. The molecule has 21 heavy (non-hydrogen) atoms. The molecule has 2 aliphatic heterocycles. The number of hydrogen-bond donors (Lipinski definition) is 0. The topological polar surface area (TPSA) is 9.23 Å². The van der Waals surface area contributed by atoms with E-state index in [1.54, 1.807) is 11.1 Å². The van der Waals surface area contributed by atoms with Crippen LogP contribution in [-0.4, -0.2) is 12.2 Å². The molecule has 5 rings (SSSR count). The maximum Gasteiger partial charge on any atom is 0.101 e. The molecule has 2 heterocycles. The summed E-state index contributed by atoms with van der Waals surface area (Å²) in [6.07, 6.45) is 21.9. The zero-order chi connectivity index (χ0) is 13.9. The van der Waals surface area contributed by atoms with Gasteiger partial charge in [0.1, 0.15) is 6.10 Å². The van der Waals surface area contributed by atoms with Crippen LogP contribution in [0.5, 0.6) is 0 Å². The minimum Gasteiger partial charge on any atom is -0.365 e. The first-order chi connectivity index (χ1) is 10.4. The van der Waals surface area contributed by atoms with Gasteiger partial charge in [-0.05, 0) is 61.7 Å². The average Bonchev–Trinajstić information content (AvgIpc) is 3.25. The van der Waals surface area contributed by atoms with Gasteiger partial charge in [0, 0.05) is 5.41 Å². The number of rotatable bonds is 0. The lowest BCUT2D eigenvalue weighted by Crippen LogP contribution is -2.47. The second-order valence-corrected chi connectivity index (χ2v) is 7.46. The Hall–Kier alpha value is -1.08. The van der Waals surface area contributed by atoms with Crippen LogP contribution in [0, 0.1) is 5.41 Å². The predicted octanol–water partition coefficient (Wildman–Crippen LogP) is 5.01. The highest BCUT2D eigenvalue weighted by molar-refractivity contribution is 5.50. The highest BCUT2D eigenvalue weighted by Gasteiger charge is 2.53. The summed E-state index contributed by atoms with van der Waals surface area (Å²) in [5, 5.41) is 0. The van der Waals surface area contributed by atoms with E-state index in [0.29, 0.717) is 17.6 Å². The van der Waals surface area contributed by atoms with Crippen molar-refractivity contribution < 1.29 is 4.74 Å². The summed E-state index contributed by atoms with van der Waals surface area (Å²) >= 11 is 0. The van der Waals surface area contributed by atoms with Crippen LogP contribution in [0.25, 0.3) is 0 Å². The van der Waals surface area contributed by atoms with Crippen molar-refractivity contribution >= 4 is 0 Å². The van der Waals surface area contributed by atoms with E-state index in [9.17, 15) is 0 Å². The number of fused-ring (bicyclic) bond motifs is 5. The molecule has 3 aliphatic carbocycles. The lowest BCUT2D eigenvalue weighted by molar-refractivity contribution is -0.0805. The van der Waals surface area contributed by atoms with Gasteiger partial charge < -0.3 is 4.74 Å². The summed E-state index contributed by atoms with van der Waals surface area (Å²) in [6, 6.07) is 0. The number of ether oxygens (including phenoxy) is 1. The van der Waals surface area contributed by atoms with Gasteiger partial charge in [0.05, 0.1) is 6.10 Å². The summed E-state index contributed by atoms with van der Waals surface area (Å²) in [6.45, 7) is 0. The van der Waals surface area contributed by atoms with E-state index in [-0.39, 0.29) is 0 Å². The Labute approximate surface area is 127 Å². The standard InChI is InChI=1S/C20H24O/c1-2-7-14(6-1)15-10-11-18-20(12-3-4-13-20)17-9-5-8-16(17)19(15)21-18/h1-2,6-7,18-19H,3-5,8-13H2/t18-,19+/m1/s1. The van der Waals surface area contributed by atoms with Crippen LogP contribution in [-0.2, 0) is 4.74 Å². The van der Waals surface area contributed by atoms with Gasteiger partial charge in [-0.25, -0.2) is 0 Å². The molecule has 2 bridgehead atoms. The summed E-state index contributed by atoms with van der Waals surface area (Å²) in [5.74, 6) is 0. The van der Waals surface area contributed by atoms with Crippen molar-refractivity contribution in [3.05, 3.63) is 46.6 Å². The van der Waals surface area contributed by atoms with Gasteiger partial charge in [0.15, 0.2) is 0 Å². The lowest BCUT2D eigenvalue weighted by Gasteiger charge is -2.50. The molecule has 0 aromatic rings. The third kappa shape index (κ3) is 1.61. The van der Waals surface area contributed by atoms with E-state index < -0.39 is 0 Å². The molecule has 1 heteroatoms. The first kappa shape index (κ1) is 12.5. The lowest BCUT2D eigenvalue weighted by atomic mass is 9.65. The fourth-order valence-corrected chi connectivity index (χ4v) is 5.76. The van der Waals surface area contributed by atoms with Gasteiger partial charge in [-0.15, -0.1) is 0 Å². The van der Waals surface area contributed by atoms with E-state index in [1.807, 2.05) is 5.57 Å². The maximum atomic E-state index is 6.72. The Balaban J connectivity index is 1.65. The van der Waals surface area contributed by atoms with Crippen LogP contribution in [0.2, 0.25) is 0 Å². The first-order valence-corrected chi connectivity index (χ1v) is 8.84. The second-order valence-electron chi connectivity index (χ2n) is 7.46. The third-order valence-corrected chi connectivity index (χ3v) is 6.62. The molecule has 0 amide bonds. The van der Waals surface area contributed by atoms with E-state index in [4.69, 9.17) is 4.74 Å². The molecule has 1 nitrogen and oxygen atoms in total. The van der Waals surface area contributed by atoms with Gasteiger partial charge in [-0.3, -0.25) is 0 Å². The molecule has 5 aliphatic rings. The second kappa shape index (κ2) is 4.46. The van der Waals surface area contributed by atoms with Crippen molar-refractivity contribution in [3.8, 4) is 0 Å². The van der Waals surface area contributed by atoms with Crippen molar-refractivity contribution in [3.63, 3.8) is 0 Å². The molecule has 1 saturated heterocycles. The molecule has 1 spiro atoms. The highest BCUT2D eigenvalue weighted by atomic mass is 16.5. The van der Waals surface area contributed by atoms with Gasteiger partial charge in [-0.1, -0.05) is 42.7 Å². The van der Waals surface area contributed by atoms with Crippen molar-refractivity contribution in [2.75, 3.05) is 0 Å². The summed E-state index contributed by atoms with van der Waals surface area (Å²) in [4.78, 5) is 0. The van der Waals surface area contributed by atoms with E-state index in [0.717, 1.165) is 0 Å². The Bertz CT molecular complexity index is 581. The normalized spacial score (nSPS) is 36.2. The zero-order valence-corrected chi connectivity index (χ0v) is 12.7. The monoisotopic (exact) mass is 280 g/mol. The molecule has 0 aromatic heterocycles. The minimum atomic E-state index is 0.329. The predicted molar refractivity (Wildman–Crippen MR) is 85.0 cm³/mol. The quantitative estimate of drug-likeness (QED) is 0.567.